The van der Waals surface area contributed by atoms with Crippen molar-refractivity contribution < 1.29 is 17.2 Å². The van der Waals surface area contributed by atoms with Crippen LogP contribution in [0.15, 0.2) is 129 Å². The van der Waals surface area contributed by atoms with Crippen molar-refractivity contribution in [3.05, 3.63) is 115 Å². The molecule has 6 heteroatoms. The van der Waals surface area contributed by atoms with Crippen molar-refractivity contribution in [2.75, 3.05) is 0 Å². The summed E-state index contributed by atoms with van der Waals surface area (Å²) in [5.41, 5.74) is 0.789. The van der Waals surface area contributed by atoms with E-state index in [1.807, 2.05) is 72.8 Å². The zero-order valence-corrected chi connectivity index (χ0v) is 26.3. The van der Waals surface area contributed by atoms with E-state index >= 15 is 0 Å². The van der Waals surface area contributed by atoms with Gasteiger partial charge in [-0.05, 0) is 83.3 Å². The van der Waals surface area contributed by atoms with Crippen molar-refractivity contribution in [1.29, 1.82) is 0 Å². The maximum Gasteiger partial charge on any atom is 0.307 e. The van der Waals surface area contributed by atoms with Crippen LogP contribution in [-0.2, 0) is 20.2 Å². The standard InChI is InChI=1S/C36H44O4S2/c1-2-3-4-5-6-7-8-9-10-13-20-31-21-18-19-26-36(31)42(38,39)40-41(33-22-14-11-15-23-33,34-24-16-12-17-25-34)35-29-27-32(37)28-30-35/h11-12,14-19,21-30,37H,2-10,13,20H2,1H3. The van der Waals surface area contributed by atoms with Crippen LogP contribution in [0.5, 0.6) is 5.75 Å². The van der Waals surface area contributed by atoms with Crippen molar-refractivity contribution in [3.8, 4) is 5.75 Å². The smallest absolute Gasteiger partial charge is 0.307 e. The molecule has 4 aromatic rings. The second-order valence-electron chi connectivity index (χ2n) is 10.7. The monoisotopic (exact) mass is 604 g/mol. The van der Waals surface area contributed by atoms with E-state index in [-0.39, 0.29) is 10.6 Å². The summed E-state index contributed by atoms with van der Waals surface area (Å²) in [6.07, 6.45) is 13.0. The van der Waals surface area contributed by atoms with E-state index in [1.54, 1.807) is 36.4 Å². The first-order chi connectivity index (χ1) is 20.5. The van der Waals surface area contributed by atoms with E-state index in [4.69, 9.17) is 3.63 Å². The average Bonchev–Trinajstić information content (AvgIpc) is 3.02. The molecule has 0 aromatic heterocycles. The number of rotatable bonds is 17. The van der Waals surface area contributed by atoms with Gasteiger partial charge in [-0.25, -0.2) is 3.63 Å². The Kier molecular flexibility index (Phi) is 12.1. The molecule has 42 heavy (non-hydrogen) atoms. The van der Waals surface area contributed by atoms with Crippen LogP contribution in [-0.4, -0.2) is 13.5 Å². The highest BCUT2D eigenvalue weighted by atomic mass is 32.3. The van der Waals surface area contributed by atoms with Gasteiger partial charge in [0.15, 0.2) is 0 Å². The number of unbranched alkanes of at least 4 members (excludes halogenated alkanes) is 9. The number of hydrogen-bond donors (Lipinski definition) is 1. The SMILES string of the molecule is CCCCCCCCCCCCc1ccccc1S(=O)(=O)OS(c1ccccc1)(c1ccccc1)c1ccc(O)cc1. The molecule has 0 aliphatic carbocycles. The summed E-state index contributed by atoms with van der Waals surface area (Å²) < 4.78 is 35.1. The third-order valence-corrected chi connectivity index (χ3v) is 12.8. The van der Waals surface area contributed by atoms with E-state index in [1.165, 1.54) is 51.4 Å². The molecule has 0 unspecified atom stereocenters. The highest BCUT2D eigenvalue weighted by molar-refractivity contribution is 8.33. The summed E-state index contributed by atoms with van der Waals surface area (Å²) in [5, 5.41) is 10.1. The fourth-order valence-corrected chi connectivity index (χ4v) is 10.8. The largest absolute Gasteiger partial charge is 0.508 e. The predicted octanol–water partition coefficient (Wildman–Crippen LogP) is 10.5. The van der Waals surface area contributed by atoms with Gasteiger partial charge in [0.25, 0.3) is 0 Å². The van der Waals surface area contributed by atoms with Gasteiger partial charge in [0.2, 0.25) is 0 Å². The van der Waals surface area contributed by atoms with Crippen molar-refractivity contribution in [2.24, 2.45) is 0 Å². The number of phenolic OH excluding ortho intramolecular Hbond substituents is 1. The molecule has 0 saturated carbocycles. The molecule has 0 amide bonds. The molecule has 0 aliphatic heterocycles. The Morgan fingerprint density at radius 3 is 1.55 bits per heavy atom. The van der Waals surface area contributed by atoms with E-state index < -0.39 is 20.4 Å². The van der Waals surface area contributed by atoms with Crippen molar-refractivity contribution >= 4 is 20.4 Å². The molecule has 0 bridgehead atoms. The number of phenols is 1. The molecule has 0 radical (unpaired) electrons. The van der Waals surface area contributed by atoms with Crippen LogP contribution in [0, 0.1) is 0 Å². The van der Waals surface area contributed by atoms with Crippen molar-refractivity contribution in [3.63, 3.8) is 0 Å². The molecule has 224 valence electrons. The lowest BCUT2D eigenvalue weighted by Gasteiger charge is -2.39. The van der Waals surface area contributed by atoms with Gasteiger partial charge >= 0.3 is 10.1 Å². The molecule has 0 atom stereocenters. The molecule has 4 aromatic carbocycles. The van der Waals surface area contributed by atoms with Crippen LogP contribution in [0.3, 0.4) is 0 Å². The molecule has 4 rings (SSSR count). The Morgan fingerprint density at radius 2 is 1.00 bits per heavy atom. The Bertz CT molecular complexity index is 1410. The zero-order chi connectivity index (χ0) is 29.7. The summed E-state index contributed by atoms with van der Waals surface area (Å²) in [6.45, 7) is 2.25. The minimum atomic E-state index is -4.19. The molecule has 1 N–H and O–H groups in total. The first-order valence-corrected chi connectivity index (χ1v) is 18.2. The fourth-order valence-electron chi connectivity index (χ4n) is 5.32. The van der Waals surface area contributed by atoms with E-state index in [2.05, 4.69) is 6.92 Å². The average molecular weight is 605 g/mol. The van der Waals surface area contributed by atoms with E-state index in [0.29, 0.717) is 11.3 Å². The minimum absolute atomic E-state index is 0.109. The highest BCUT2D eigenvalue weighted by Gasteiger charge is 2.38. The van der Waals surface area contributed by atoms with Gasteiger partial charge in [-0.15, -0.1) is 0 Å². The molecule has 0 aliphatic rings. The van der Waals surface area contributed by atoms with Crippen LogP contribution in [0.25, 0.3) is 0 Å². The first-order valence-electron chi connectivity index (χ1n) is 15.2. The van der Waals surface area contributed by atoms with Crippen LogP contribution in [0.1, 0.15) is 76.7 Å². The summed E-state index contributed by atoms with van der Waals surface area (Å²) in [6, 6.07) is 33.0. The van der Waals surface area contributed by atoms with E-state index in [0.717, 1.165) is 28.2 Å². The van der Waals surface area contributed by atoms with Crippen LogP contribution in [0.2, 0.25) is 0 Å². The molecule has 0 saturated heterocycles. The zero-order valence-electron chi connectivity index (χ0n) is 24.7. The Labute approximate surface area is 254 Å². The molecule has 0 spiro atoms. The van der Waals surface area contributed by atoms with Crippen LogP contribution in [0.4, 0.5) is 0 Å². The van der Waals surface area contributed by atoms with Gasteiger partial charge in [0, 0.05) is 14.7 Å². The quantitative estimate of drug-likeness (QED) is 0.122. The third-order valence-electron chi connectivity index (χ3n) is 7.55. The van der Waals surface area contributed by atoms with Crippen molar-refractivity contribution in [2.45, 2.75) is 97.1 Å². The normalized spacial score (nSPS) is 12.3. The molecular weight excluding hydrogens is 561 g/mol. The number of benzene rings is 4. The van der Waals surface area contributed by atoms with Gasteiger partial charge < -0.3 is 5.11 Å². The summed E-state index contributed by atoms with van der Waals surface area (Å²) in [5.74, 6) is 0.109. The summed E-state index contributed by atoms with van der Waals surface area (Å²) in [7, 11) is -6.91. The number of aryl methyl sites for hydroxylation is 1. The Balaban J connectivity index is 1.59. The molecule has 0 heterocycles. The van der Waals surface area contributed by atoms with Gasteiger partial charge in [0.05, 0.1) is 4.90 Å². The van der Waals surface area contributed by atoms with Gasteiger partial charge in [0.1, 0.15) is 5.75 Å². The Hall–Kier alpha value is -3.06. The predicted molar refractivity (Wildman–Crippen MR) is 174 cm³/mol. The first kappa shape index (κ1) is 31.9. The lowest BCUT2D eigenvalue weighted by molar-refractivity contribution is 0.474. The molecule has 0 fully saturated rings. The number of hydrogen-bond acceptors (Lipinski definition) is 4. The maximum absolute atomic E-state index is 14.3. The lowest BCUT2D eigenvalue weighted by Crippen LogP contribution is -2.16. The fraction of sp³-hybridized carbons (Fsp3) is 0.333. The minimum Gasteiger partial charge on any atom is -0.508 e. The Morgan fingerprint density at radius 1 is 0.548 bits per heavy atom. The second kappa shape index (κ2) is 16.0. The maximum atomic E-state index is 14.3. The van der Waals surface area contributed by atoms with Gasteiger partial charge in [-0.3, -0.25) is 0 Å². The van der Waals surface area contributed by atoms with Gasteiger partial charge in [-0.1, -0.05) is 119 Å². The second-order valence-corrected chi connectivity index (χ2v) is 15.2. The summed E-state index contributed by atoms with van der Waals surface area (Å²) in [4.78, 5) is 2.44. The topological polar surface area (TPSA) is 63.6 Å². The molecule has 4 nitrogen and oxygen atoms in total. The van der Waals surface area contributed by atoms with Gasteiger partial charge in [-0.2, -0.15) is 8.42 Å². The lowest BCUT2D eigenvalue weighted by atomic mass is 10.0. The molecular formula is C36H44O4S2. The van der Waals surface area contributed by atoms with Crippen LogP contribution >= 0.6 is 10.3 Å². The van der Waals surface area contributed by atoms with E-state index in [9.17, 15) is 13.5 Å². The summed E-state index contributed by atoms with van der Waals surface area (Å²) >= 11 is 0. The number of aromatic hydroxyl groups is 1. The van der Waals surface area contributed by atoms with Crippen molar-refractivity contribution in [1.82, 2.24) is 0 Å². The van der Waals surface area contributed by atoms with Crippen LogP contribution < -0.4 is 0 Å². The highest BCUT2D eigenvalue weighted by Crippen LogP contribution is 2.70. The third kappa shape index (κ3) is 8.27.